The van der Waals surface area contributed by atoms with Crippen molar-refractivity contribution >= 4 is 27.3 Å². The van der Waals surface area contributed by atoms with Crippen LogP contribution < -0.4 is 14.4 Å². The molecule has 0 spiro atoms. The summed E-state index contributed by atoms with van der Waals surface area (Å²) in [6.07, 6.45) is -0.0315. The Morgan fingerprint density at radius 2 is 1.68 bits per heavy atom. The molecule has 0 radical (unpaired) electrons. The standard InChI is InChI=1S/C23H23FN2O4S/c1-17(2)30-21-8-6-7-19(15-21)25-23(27)16-26(20-13-11-18(24)12-14-20)31(28,29)22-9-4-3-5-10-22/h3-15,17H,16H2,1-2H3,(H,25,27). The first kappa shape index (κ1) is 22.3. The lowest BCUT2D eigenvalue weighted by Crippen LogP contribution is -2.38. The molecule has 0 saturated carbocycles. The van der Waals surface area contributed by atoms with E-state index in [2.05, 4.69) is 5.32 Å². The highest BCUT2D eigenvalue weighted by Crippen LogP contribution is 2.24. The fraction of sp³-hybridized carbons (Fsp3) is 0.174. The number of amides is 1. The molecule has 0 fully saturated rings. The summed E-state index contributed by atoms with van der Waals surface area (Å²) in [6.45, 7) is 3.29. The van der Waals surface area contributed by atoms with Crippen molar-refractivity contribution in [2.75, 3.05) is 16.2 Å². The lowest BCUT2D eigenvalue weighted by Gasteiger charge is -2.24. The average Bonchev–Trinajstić information content (AvgIpc) is 2.73. The van der Waals surface area contributed by atoms with Crippen molar-refractivity contribution in [3.8, 4) is 5.75 Å². The molecule has 3 aromatic carbocycles. The average molecular weight is 443 g/mol. The van der Waals surface area contributed by atoms with Gasteiger partial charge >= 0.3 is 0 Å². The summed E-state index contributed by atoms with van der Waals surface area (Å²) in [5, 5.41) is 2.69. The van der Waals surface area contributed by atoms with Crippen molar-refractivity contribution in [3.05, 3.63) is 84.7 Å². The van der Waals surface area contributed by atoms with Crippen LogP contribution in [0.25, 0.3) is 0 Å². The highest BCUT2D eigenvalue weighted by Gasteiger charge is 2.27. The van der Waals surface area contributed by atoms with Crippen LogP contribution in [0.5, 0.6) is 5.75 Å². The molecule has 31 heavy (non-hydrogen) atoms. The molecule has 3 rings (SSSR count). The summed E-state index contributed by atoms with van der Waals surface area (Å²) < 4.78 is 46.4. The van der Waals surface area contributed by atoms with E-state index in [1.54, 1.807) is 42.5 Å². The minimum absolute atomic E-state index is 0.0273. The normalized spacial score (nSPS) is 11.2. The van der Waals surface area contributed by atoms with Gasteiger partial charge in [0.05, 0.1) is 16.7 Å². The Morgan fingerprint density at radius 1 is 1.00 bits per heavy atom. The molecule has 1 amide bonds. The molecule has 3 aromatic rings. The van der Waals surface area contributed by atoms with E-state index < -0.39 is 28.3 Å². The Morgan fingerprint density at radius 3 is 2.32 bits per heavy atom. The highest BCUT2D eigenvalue weighted by molar-refractivity contribution is 7.92. The first-order valence-electron chi connectivity index (χ1n) is 9.65. The Bertz CT molecular complexity index is 1130. The molecule has 0 aromatic heterocycles. The van der Waals surface area contributed by atoms with Crippen molar-refractivity contribution in [1.82, 2.24) is 0 Å². The minimum Gasteiger partial charge on any atom is -0.491 e. The molecule has 162 valence electrons. The second kappa shape index (κ2) is 9.61. The van der Waals surface area contributed by atoms with E-state index in [1.165, 1.54) is 24.3 Å². The number of nitrogens with one attached hydrogen (secondary N) is 1. The molecule has 6 nitrogen and oxygen atoms in total. The number of hydrogen-bond donors (Lipinski definition) is 1. The quantitative estimate of drug-likeness (QED) is 0.559. The minimum atomic E-state index is -4.05. The lowest BCUT2D eigenvalue weighted by molar-refractivity contribution is -0.114. The van der Waals surface area contributed by atoms with Gasteiger partial charge in [0.1, 0.15) is 18.1 Å². The van der Waals surface area contributed by atoms with Gasteiger partial charge in [-0.05, 0) is 62.4 Å². The zero-order valence-electron chi connectivity index (χ0n) is 17.2. The van der Waals surface area contributed by atoms with Crippen LogP contribution in [0.2, 0.25) is 0 Å². The van der Waals surface area contributed by atoms with Gasteiger partial charge in [0, 0.05) is 11.8 Å². The molecule has 0 aliphatic heterocycles. The first-order valence-corrected chi connectivity index (χ1v) is 11.1. The second-order valence-corrected chi connectivity index (χ2v) is 8.91. The molecule has 8 heteroatoms. The zero-order valence-corrected chi connectivity index (χ0v) is 18.0. The van der Waals surface area contributed by atoms with Crippen LogP contribution in [0.3, 0.4) is 0 Å². The molecular weight excluding hydrogens is 419 g/mol. The summed E-state index contributed by atoms with van der Waals surface area (Å²) >= 11 is 0. The Balaban J connectivity index is 1.87. The van der Waals surface area contributed by atoms with E-state index in [0.717, 1.165) is 16.4 Å². The van der Waals surface area contributed by atoms with Gasteiger partial charge in [-0.3, -0.25) is 9.10 Å². The summed E-state index contributed by atoms with van der Waals surface area (Å²) in [4.78, 5) is 12.8. The lowest BCUT2D eigenvalue weighted by atomic mass is 10.3. The smallest absolute Gasteiger partial charge is 0.264 e. The predicted molar refractivity (Wildman–Crippen MR) is 118 cm³/mol. The van der Waals surface area contributed by atoms with Crippen molar-refractivity contribution in [3.63, 3.8) is 0 Å². The van der Waals surface area contributed by atoms with E-state index in [4.69, 9.17) is 4.74 Å². The van der Waals surface area contributed by atoms with Crippen LogP contribution in [0, 0.1) is 5.82 Å². The van der Waals surface area contributed by atoms with Crippen LogP contribution in [0.1, 0.15) is 13.8 Å². The zero-order chi connectivity index (χ0) is 22.4. The maximum absolute atomic E-state index is 13.4. The van der Waals surface area contributed by atoms with Gasteiger partial charge in [-0.25, -0.2) is 12.8 Å². The Labute approximate surface area is 181 Å². The number of ether oxygens (including phenoxy) is 1. The third-order valence-corrected chi connectivity index (χ3v) is 6.01. The van der Waals surface area contributed by atoms with Crippen molar-refractivity contribution in [1.29, 1.82) is 0 Å². The third kappa shape index (κ3) is 5.82. The van der Waals surface area contributed by atoms with Crippen LogP contribution in [-0.2, 0) is 14.8 Å². The van der Waals surface area contributed by atoms with Crippen molar-refractivity contribution < 1.29 is 22.3 Å². The Kier molecular flexibility index (Phi) is 6.91. The van der Waals surface area contributed by atoms with E-state index in [9.17, 15) is 17.6 Å². The van der Waals surface area contributed by atoms with Crippen molar-refractivity contribution in [2.24, 2.45) is 0 Å². The molecular formula is C23H23FN2O4S. The number of rotatable bonds is 8. The molecule has 0 aliphatic rings. The number of sulfonamides is 1. The summed E-state index contributed by atoms with van der Waals surface area (Å²) in [5.41, 5.74) is 0.650. The molecule has 0 aliphatic carbocycles. The fourth-order valence-corrected chi connectivity index (χ4v) is 4.33. The van der Waals surface area contributed by atoms with Gasteiger partial charge < -0.3 is 10.1 Å². The largest absolute Gasteiger partial charge is 0.491 e. The van der Waals surface area contributed by atoms with Gasteiger partial charge in [0.2, 0.25) is 5.91 Å². The van der Waals surface area contributed by atoms with Gasteiger partial charge in [-0.1, -0.05) is 24.3 Å². The van der Waals surface area contributed by atoms with Crippen molar-refractivity contribution in [2.45, 2.75) is 24.8 Å². The topological polar surface area (TPSA) is 75.7 Å². The van der Waals surface area contributed by atoms with E-state index in [0.29, 0.717) is 11.4 Å². The van der Waals surface area contributed by atoms with Crippen LogP contribution in [-0.4, -0.2) is 27.0 Å². The number of nitrogens with zero attached hydrogens (tertiary/aromatic N) is 1. The fourth-order valence-electron chi connectivity index (χ4n) is 2.89. The number of halogens is 1. The molecule has 0 atom stereocenters. The van der Waals surface area contributed by atoms with Crippen LogP contribution >= 0.6 is 0 Å². The number of hydrogen-bond acceptors (Lipinski definition) is 4. The van der Waals surface area contributed by atoms with Crippen LogP contribution in [0.15, 0.2) is 83.8 Å². The van der Waals surface area contributed by atoms with Gasteiger partial charge in [0.25, 0.3) is 10.0 Å². The SMILES string of the molecule is CC(C)Oc1cccc(NC(=O)CN(c2ccc(F)cc2)S(=O)(=O)c2ccccc2)c1. The molecule has 0 heterocycles. The number of carbonyl (C=O) groups is 1. The van der Waals surface area contributed by atoms with E-state index >= 15 is 0 Å². The summed E-state index contributed by atoms with van der Waals surface area (Å²) in [5.74, 6) is -0.474. The molecule has 0 unspecified atom stereocenters. The summed E-state index contributed by atoms with van der Waals surface area (Å²) in [7, 11) is -4.05. The molecule has 1 N–H and O–H groups in total. The maximum atomic E-state index is 13.4. The third-order valence-electron chi connectivity index (χ3n) is 4.22. The predicted octanol–water partition coefficient (Wildman–Crippen LogP) is 4.45. The molecule has 0 saturated heterocycles. The monoisotopic (exact) mass is 442 g/mol. The van der Waals surface area contributed by atoms with E-state index in [1.807, 2.05) is 13.8 Å². The second-order valence-electron chi connectivity index (χ2n) is 7.04. The van der Waals surface area contributed by atoms with Crippen LogP contribution in [0.4, 0.5) is 15.8 Å². The van der Waals surface area contributed by atoms with Gasteiger partial charge in [-0.15, -0.1) is 0 Å². The number of anilines is 2. The number of carbonyl (C=O) groups excluding carboxylic acids is 1. The maximum Gasteiger partial charge on any atom is 0.264 e. The van der Waals surface area contributed by atoms with Gasteiger partial charge in [0.15, 0.2) is 0 Å². The molecule has 0 bridgehead atoms. The number of benzene rings is 3. The van der Waals surface area contributed by atoms with E-state index in [-0.39, 0.29) is 16.7 Å². The van der Waals surface area contributed by atoms with Gasteiger partial charge in [-0.2, -0.15) is 0 Å². The summed E-state index contributed by atoms with van der Waals surface area (Å²) in [6, 6.07) is 19.5. The highest BCUT2D eigenvalue weighted by atomic mass is 32.2. The Hall–Kier alpha value is -3.39. The first-order chi connectivity index (χ1) is 14.8.